The van der Waals surface area contributed by atoms with Crippen molar-refractivity contribution in [1.29, 1.82) is 0 Å². The Morgan fingerprint density at radius 1 is 0.444 bits per heavy atom. The SMILES string of the molecule is C(=N\Nc1nnc(N/N=C/c2cccc3ccccc23)c2ccccc12)/c1cccc2ccccc12. The fraction of sp³-hybridized carbons (Fsp3) is 0. The van der Waals surface area contributed by atoms with Crippen molar-refractivity contribution in [3.8, 4) is 0 Å². The van der Waals surface area contributed by atoms with Gasteiger partial charge in [-0.2, -0.15) is 10.2 Å². The van der Waals surface area contributed by atoms with Crippen LogP contribution in [0.5, 0.6) is 0 Å². The third-order valence-electron chi connectivity index (χ3n) is 6.08. The molecule has 172 valence electrons. The van der Waals surface area contributed by atoms with Crippen molar-refractivity contribution in [3.63, 3.8) is 0 Å². The van der Waals surface area contributed by atoms with Gasteiger partial charge < -0.3 is 0 Å². The molecule has 36 heavy (non-hydrogen) atoms. The van der Waals surface area contributed by atoms with E-state index >= 15 is 0 Å². The molecule has 0 amide bonds. The van der Waals surface area contributed by atoms with Gasteiger partial charge in [0.1, 0.15) is 0 Å². The first kappa shape index (κ1) is 21.4. The molecule has 0 spiro atoms. The van der Waals surface area contributed by atoms with Gasteiger partial charge in [0.05, 0.1) is 12.4 Å². The molecule has 1 aromatic heterocycles. The van der Waals surface area contributed by atoms with Crippen molar-refractivity contribution in [2.24, 2.45) is 10.2 Å². The molecule has 5 aromatic carbocycles. The summed E-state index contributed by atoms with van der Waals surface area (Å²) >= 11 is 0. The van der Waals surface area contributed by atoms with Gasteiger partial charge in [-0.15, -0.1) is 10.2 Å². The standard InChI is InChI=1S/C30H22N6/c1-3-15-25-21(9-1)11-7-13-23(25)19-31-33-29-27-17-5-6-18-28(27)30(36-35-29)34-32-20-24-14-8-12-22-10-2-4-16-26(22)24/h1-20H,(H,33,35)(H,34,36)/b31-19+,32-20+. The van der Waals surface area contributed by atoms with Crippen LogP contribution in [0.15, 0.2) is 119 Å². The molecule has 0 saturated carbocycles. The molecule has 0 fully saturated rings. The Labute approximate surface area is 208 Å². The van der Waals surface area contributed by atoms with Crippen molar-refractivity contribution < 1.29 is 0 Å². The molecular weight excluding hydrogens is 444 g/mol. The number of aromatic nitrogens is 2. The second-order valence-electron chi connectivity index (χ2n) is 8.32. The fourth-order valence-corrected chi connectivity index (χ4v) is 4.32. The van der Waals surface area contributed by atoms with Crippen molar-refractivity contribution in [2.75, 3.05) is 10.9 Å². The number of nitrogens with one attached hydrogen (secondary N) is 2. The van der Waals surface area contributed by atoms with E-state index in [0.29, 0.717) is 11.6 Å². The predicted molar refractivity (Wildman–Crippen MR) is 150 cm³/mol. The Balaban J connectivity index is 1.25. The minimum atomic E-state index is 0.575. The zero-order valence-electron chi connectivity index (χ0n) is 19.3. The van der Waals surface area contributed by atoms with Crippen LogP contribution in [0, 0.1) is 0 Å². The first-order chi connectivity index (χ1) is 17.9. The predicted octanol–water partition coefficient (Wildman–Crippen LogP) is 6.83. The zero-order chi connectivity index (χ0) is 24.2. The molecule has 6 heteroatoms. The molecule has 0 saturated heterocycles. The normalized spacial score (nSPS) is 11.7. The van der Waals surface area contributed by atoms with Crippen LogP contribution in [-0.4, -0.2) is 22.6 Å². The van der Waals surface area contributed by atoms with E-state index in [0.717, 1.165) is 32.7 Å². The summed E-state index contributed by atoms with van der Waals surface area (Å²) in [5, 5.41) is 24.0. The highest BCUT2D eigenvalue weighted by atomic mass is 15.4. The minimum absolute atomic E-state index is 0.575. The van der Waals surface area contributed by atoms with E-state index < -0.39 is 0 Å². The summed E-state index contributed by atoms with van der Waals surface area (Å²) in [5.41, 5.74) is 8.17. The molecule has 0 bridgehead atoms. The first-order valence-corrected chi connectivity index (χ1v) is 11.7. The van der Waals surface area contributed by atoms with Crippen molar-refractivity contribution in [2.45, 2.75) is 0 Å². The average molecular weight is 467 g/mol. The largest absolute Gasteiger partial charge is 0.259 e. The van der Waals surface area contributed by atoms with E-state index in [1.165, 1.54) is 10.8 Å². The number of nitrogens with zero attached hydrogens (tertiary/aromatic N) is 4. The number of hydrazone groups is 2. The third-order valence-corrected chi connectivity index (χ3v) is 6.08. The van der Waals surface area contributed by atoms with Crippen LogP contribution in [0.2, 0.25) is 0 Å². The van der Waals surface area contributed by atoms with Gasteiger partial charge in [-0.25, -0.2) is 0 Å². The van der Waals surface area contributed by atoms with Crippen LogP contribution in [0.25, 0.3) is 32.3 Å². The molecular formula is C30H22N6. The molecule has 0 radical (unpaired) electrons. The summed E-state index contributed by atoms with van der Waals surface area (Å²) in [6.07, 6.45) is 3.61. The van der Waals surface area contributed by atoms with Crippen LogP contribution >= 0.6 is 0 Å². The lowest BCUT2D eigenvalue weighted by Gasteiger charge is -2.08. The van der Waals surface area contributed by atoms with Gasteiger partial charge in [0.25, 0.3) is 0 Å². The topological polar surface area (TPSA) is 74.6 Å². The lowest BCUT2D eigenvalue weighted by Crippen LogP contribution is -2.01. The number of hydrogen-bond donors (Lipinski definition) is 2. The van der Waals surface area contributed by atoms with E-state index in [1.54, 1.807) is 12.4 Å². The van der Waals surface area contributed by atoms with Gasteiger partial charge in [0, 0.05) is 21.9 Å². The molecule has 0 aliphatic carbocycles. The van der Waals surface area contributed by atoms with Crippen LogP contribution in [0.3, 0.4) is 0 Å². The fourth-order valence-electron chi connectivity index (χ4n) is 4.32. The molecule has 0 atom stereocenters. The second kappa shape index (κ2) is 9.64. The van der Waals surface area contributed by atoms with Crippen molar-refractivity contribution in [1.82, 2.24) is 10.2 Å². The highest BCUT2D eigenvalue weighted by Gasteiger charge is 2.08. The van der Waals surface area contributed by atoms with Gasteiger partial charge in [-0.3, -0.25) is 10.9 Å². The first-order valence-electron chi connectivity index (χ1n) is 11.7. The highest BCUT2D eigenvalue weighted by Crippen LogP contribution is 2.26. The molecule has 2 N–H and O–H groups in total. The molecule has 0 aliphatic heterocycles. The lowest BCUT2D eigenvalue weighted by atomic mass is 10.1. The Morgan fingerprint density at radius 2 is 0.833 bits per heavy atom. The Kier molecular flexibility index (Phi) is 5.74. The molecule has 6 rings (SSSR count). The molecule has 6 nitrogen and oxygen atoms in total. The Morgan fingerprint density at radius 3 is 1.31 bits per heavy atom. The maximum atomic E-state index is 4.45. The maximum absolute atomic E-state index is 4.45. The summed E-state index contributed by atoms with van der Waals surface area (Å²) in [4.78, 5) is 0. The Hall–Kier alpha value is -5.10. The van der Waals surface area contributed by atoms with Crippen LogP contribution in [-0.2, 0) is 0 Å². The number of rotatable bonds is 6. The van der Waals surface area contributed by atoms with Gasteiger partial charge in [0.15, 0.2) is 11.6 Å². The van der Waals surface area contributed by atoms with Gasteiger partial charge in [-0.1, -0.05) is 109 Å². The smallest absolute Gasteiger partial charge is 0.176 e. The quantitative estimate of drug-likeness (QED) is 0.208. The van der Waals surface area contributed by atoms with E-state index in [1.807, 2.05) is 72.8 Å². The van der Waals surface area contributed by atoms with Crippen molar-refractivity contribution in [3.05, 3.63) is 120 Å². The Bertz CT molecular complexity index is 1620. The van der Waals surface area contributed by atoms with E-state index in [-0.39, 0.29) is 0 Å². The molecule has 0 unspecified atom stereocenters. The average Bonchev–Trinajstić information content (AvgIpc) is 2.94. The third kappa shape index (κ3) is 4.23. The van der Waals surface area contributed by atoms with Gasteiger partial charge in [0.2, 0.25) is 0 Å². The van der Waals surface area contributed by atoms with Crippen LogP contribution < -0.4 is 10.9 Å². The van der Waals surface area contributed by atoms with Gasteiger partial charge in [-0.05, 0) is 21.5 Å². The molecule has 1 heterocycles. The summed E-state index contributed by atoms with van der Waals surface area (Å²) in [5.74, 6) is 1.15. The zero-order valence-corrected chi connectivity index (χ0v) is 19.3. The van der Waals surface area contributed by atoms with Crippen LogP contribution in [0.1, 0.15) is 11.1 Å². The molecule has 6 aromatic rings. The minimum Gasteiger partial charge on any atom is -0.259 e. The number of fused-ring (bicyclic) bond motifs is 3. The summed E-state index contributed by atoms with van der Waals surface area (Å²) < 4.78 is 0. The summed E-state index contributed by atoms with van der Waals surface area (Å²) in [6.45, 7) is 0. The number of hydrogen-bond acceptors (Lipinski definition) is 6. The monoisotopic (exact) mass is 466 g/mol. The number of anilines is 2. The highest BCUT2D eigenvalue weighted by molar-refractivity contribution is 6.02. The van der Waals surface area contributed by atoms with Crippen molar-refractivity contribution >= 4 is 56.4 Å². The summed E-state index contributed by atoms with van der Waals surface area (Å²) in [6, 6.07) is 36.7. The van der Waals surface area contributed by atoms with Crippen LogP contribution in [0.4, 0.5) is 11.6 Å². The van der Waals surface area contributed by atoms with E-state index in [9.17, 15) is 0 Å². The number of benzene rings is 5. The second-order valence-corrected chi connectivity index (χ2v) is 8.32. The van der Waals surface area contributed by atoms with Gasteiger partial charge >= 0.3 is 0 Å². The van der Waals surface area contributed by atoms with E-state index in [4.69, 9.17) is 0 Å². The summed E-state index contributed by atoms with van der Waals surface area (Å²) in [7, 11) is 0. The van der Waals surface area contributed by atoms with E-state index in [2.05, 4.69) is 67.6 Å². The maximum Gasteiger partial charge on any atom is 0.176 e. The molecule has 0 aliphatic rings. The lowest BCUT2D eigenvalue weighted by molar-refractivity contribution is 1.03.